The number of hydrogen-bond donors (Lipinski definition) is 0. The van der Waals surface area contributed by atoms with Gasteiger partial charge in [-0.05, 0) is 54.7 Å². The summed E-state index contributed by atoms with van der Waals surface area (Å²) in [5, 5.41) is 2.30. The summed E-state index contributed by atoms with van der Waals surface area (Å²) in [4.78, 5) is 29.0. The third-order valence-corrected chi connectivity index (χ3v) is 10.7. The van der Waals surface area contributed by atoms with Gasteiger partial charge in [0.2, 0.25) is 5.91 Å². The molecule has 1 aromatic heterocycles. The van der Waals surface area contributed by atoms with Crippen LogP contribution < -0.4 is 4.87 Å². The first-order valence-corrected chi connectivity index (χ1v) is 13.2. The monoisotopic (exact) mass is 476 g/mol. The second-order valence-electron chi connectivity index (χ2n) is 9.14. The van der Waals surface area contributed by atoms with Gasteiger partial charge in [0.25, 0.3) is 0 Å². The fourth-order valence-corrected chi connectivity index (χ4v) is 9.46. The molecule has 3 heterocycles. The zero-order chi connectivity index (χ0) is 21.1. The molecule has 31 heavy (non-hydrogen) atoms. The van der Waals surface area contributed by atoms with E-state index in [0.29, 0.717) is 37.5 Å². The van der Waals surface area contributed by atoms with Crippen LogP contribution in [0.5, 0.6) is 0 Å². The standard InChI is InChI=1S/C23H25ClN2O3S2/c24-16-5-3-13(4-6-16)18-19-14-1-2-15(11-14)20(19)30-22-21(18)31-23(28)26(22)12-17(27)25-7-9-29-10-8-25/h3-6,14-15,18-20H,1-2,7-12H2/t14?,15?,18-,19?,20?/m0/s1. The fourth-order valence-electron chi connectivity index (χ4n) is 6.18. The van der Waals surface area contributed by atoms with Crippen LogP contribution in [0, 0.1) is 17.8 Å². The predicted molar refractivity (Wildman–Crippen MR) is 123 cm³/mol. The van der Waals surface area contributed by atoms with Gasteiger partial charge in [-0.15, -0.1) is 11.8 Å². The Labute approximate surface area is 194 Å². The van der Waals surface area contributed by atoms with Crippen LogP contribution in [0.4, 0.5) is 0 Å². The molecule has 2 aliphatic heterocycles. The van der Waals surface area contributed by atoms with Crippen LogP contribution in [0.25, 0.3) is 0 Å². The van der Waals surface area contributed by atoms with Crippen LogP contribution in [0.3, 0.4) is 0 Å². The molecular formula is C23H25ClN2O3S2. The van der Waals surface area contributed by atoms with E-state index in [1.54, 1.807) is 4.57 Å². The van der Waals surface area contributed by atoms with Crippen LogP contribution in [0.1, 0.15) is 35.6 Å². The van der Waals surface area contributed by atoms with E-state index in [4.69, 9.17) is 16.3 Å². The Morgan fingerprint density at radius 3 is 2.65 bits per heavy atom. The Bertz CT molecular complexity index is 1060. The second-order valence-corrected chi connectivity index (χ2v) is 11.7. The number of benzene rings is 1. The van der Waals surface area contributed by atoms with Crippen LogP contribution in [-0.4, -0.2) is 46.9 Å². The molecular weight excluding hydrogens is 452 g/mol. The smallest absolute Gasteiger partial charge is 0.308 e. The van der Waals surface area contributed by atoms with Gasteiger partial charge >= 0.3 is 4.87 Å². The zero-order valence-corrected chi connectivity index (χ0v) is 19.6. The Morgan fingerprint density at radius 2 is 1.87 bits per heavy atom. The molecule has 3 fully saturated rings. The first-order chi connectivity index (χ1) is 15.1. The topological polar surface area (TPSA) is 51.5 Å². The molecule has 2 aliphatic carbocycles. The van der Waals surface area contributed by atoms with Gasteiger partial charge in [-0.2, -0.15) is 0 Å². The molecule has 0 N–H and O–H groups in total. The van der Waals surface area contributed by atoms with Crippen molar-refractivity contribution >= 4 is 40.6 Å². The SMILES string of the molecule is O=C(Cn1c2c(sc1=O)[C@@H](c1ccc(Cl)cc1)C1C3CCC(C3)C1S2)N1CCOCC1. The first-order valence-electron chi connectivity index (χ1n) is 11.1. The maximum atomic E-state index is 13.1. The predicted octanol–water partition coefficient (Wildman–Crippen LogP) is 4.07. The highest BCUT2D eigenvalue weighted by atomic mass is 35.5. The van der Waals surface area contributed by atoms with Crippen LogP contribution >= 0.6 is 34.7 Å². The molecule has 0 radical (unpaired) electrons. The number of amides is 1. The molecule has 5 nitrogen and oxygen atoms in total. The Balaban J connectivity index is 1.40. The van der Waals surface area contributed by atoms with Crippen LogP contribution in [0.15, 0.2) is 34.1 Å². The third kappa shape index (κ3) is 3.39. The molecule has 5 atom stereocenters. The van der Waals surface area contributed by atoms with Gasteiger partial charge in [-0.1, -0.05) is 35.1 Å². The number of nitrogens with zero attached hydrogens (tertiary/aromatic N) is 2. The van der Waals surface area contributed by atoms with E-state index in [1.807, 2.05) is 28.8 Å². The molecule has 6 rings (SSSR count). The first kappa shape index (κ1) is 20.3. The average Bonchev–Trinajstić information content (AvgIpc) is 3.48. The molecule has 1 amide bonds. The number of morpholine rings is 1. The molecule has 2 aromatic rings. The fraction of sp³-hybridized carbons (Fsp3) is 0.565. The number of thioether (sulfide) groups is 1. The molecule has 1 saturated heterocycles. The summed E-state index contributed by atoms with van der Waals surface area (Å²) >= 11 is 9.41. The number of fused-ring (bicyclic) bond motifs is 6. The lowest BCUT2D eigenvalue weighted by atomic mass is 9.75. The normalized spacial score (nSPS) is 31.5. The number of thiazole rings is 1. The van der Waals surface area contributed by atoms with Crippen LogP contribution in [-0.2, 0) is 16.1 Å². The summed E-state index contributed by atoms with van der Waals surface area (Å²) in [5.74, 6) is 2.27. The summed E-state index contributed by atoms with van der Waals surface area (Å²) in [7, 11) is 0. The van der Waals surface area contributed by atoms with E-state index in [9.17, 15) is 9.59 Å². The molecule has 1 aromatic carbocycles. The van der Waals surface area contributed by atoms with Crippen molar-refractivity contribution in [1.29, 1.82) is 0 Å². The van der Waals surface area contributed by atoms with Gasteiger partial charge in [-0.25, -0.2) is 0 Å². The van der Waals surface area contributed by atoms with E-state index in [1.165, 1.54) is 36.2 Å². The van der Waals surface area contributed by atoms with E-state index < -0.39 is 0 Å². The highest BCUT2D eigenvalue weighted by Gasteiger charge is 2.55. The van der Waals surface area contributed by atoms with Crippen LogP contribution in [0.2, 0.25) is 5.02 Å². The largest absolute Gasteiger partial charge is 0.378 e. The Hall–Kier alpha value is -1.28. The molecule has 164 valence electrons. The van der Waals surface area contributed by atoms with Gasteiger partial charge in [0, 0.05) is 34.2 Å². The molecule has 8 heteroatoms. The minimum absolute atomic E-state index is 0.00890. The number of hydrogen-bond acceptors (Lipinski definition) is 5. The van der Waals surface area contributed by atoms with Crippen molar-refractivity contribution in [2.75, 3.05) is 26.3 Å². The lowest BCUT2D eigenvalue weighted by Crippen LogP contribution is -2.43. The van der Waals surface area contributed by atoms with Crippen molar-refractivity contribution in [3.05, 3.63) is 49.4 Å². The molecule has 4 unspecified atom stereocenters. The number of halogens is 1. The van der Waals surface area contributed by atoms with Crippen molar-refractivity contribution < 1.29 is 9.53 Å². The van der Waals surface area contributed by atoms with Crippen molar-refractivity contribution in [1.82, 2.24) is 9.47 Å². The molecule has 4 aliphatic rings. The maximum Gasteiger partial charge on any atom is 0.308 e. The number of aromatic nitrogens is 1. The lowest BCUT2D eigenvalue weighted by Gasteiger charge is -2.40. The number of carbonyl (C=O) groups excluding carboxylic acids is 1. The minimum atomic E-state index is -0.00890. The van der Waals surface area contributed by atoms with Crippen molar-refractivity contribution in [3.8, 4) is 0 Å². The highest BCUT2D eigenvalue weighted by molar-refractivity contribution is 8.00. The van der Waals surface area contributed by atoms with Gasteiger partial charge < -0.3 is 9.64 Å². The summed E-state index contributed by atoms with van der Waals surface area (Å²) < 4.78 is 7.13. The summed E-state index contributed by atoms with van der Waals surface area (Å²) in [6, 6.07) is 8.18. The van der Waals surface area contributed by atoms with E-state index in [2.05, 4.69) is 12.1 Å². The van der Waals surface area contributed by atoms with Crippen molar-refractivity contribution in [2.24, 2.45) is 17.8 Å². The average molecular weight is 477 g/mol. The highest BCUT2D eigenvalue weighted by Crippen LogP contribution is 2.64. The molecule has 2 bridgehead atoms. The Kier molecular flexibility index (Phi) is 5.21. The van der Waals surface area contributed by atoms with Gasteiger partial charge in [0.15, 0.2) is 0 Å². The Morgan fingerprint density at radius 1 is 1.13 bits per heavy atom. The minimum Gasteiger partial charge on any atom is -0.378 e. The van der Waals surface area contributed by atoms with E-state index in [-0.39, 0.29) is 23.2 Å². The number of ether oxygens (including phenoxy) is 1. The molecule has 2 saturated carbocycles. The summed E-state index contributed by atoms with van der Waals surface area (Å²) in [6.07, 6.45) is 3.90. The quantitative estimate of drug-likeness (QED) is 0.670. The third-order valence-electron chi connectivity index (χ3n) is 7.58. The second kappa shape index (κ2) is 7.94. The van der Waals surface area contributed by atoms with Crippen molar-refractivity contribution in [3.63, 3.8) is 0 Å². The zero-order valence-electron chi connectivity index (χ0n) is 17.2. The van der Waals surface area contributed by atoms with Crippen molar-refractivity contribution in [2.45, 2.75) is 42.0 Å². The van der Waals surface area contributed by atoms with E-state index in [0.717, 1.165) is 26.8 Å². The molecule has 0 spiro atoms. The van der Waals surface area contributed by atoms with Gasteiger partial charge in [-0.3, -0.25) is 14.2 Å². The number of carbonyl (C=O) groups is 1. The van der Waals surface area contributed by atoms with E-state index >= 15 is 0 Å². The van der Waals surface area contributed by atoms with Gasteiger partial charge in [0.05, 0.1) is 18.2 Å². The van der Waals surface area contributed by atoms with Gasteiger partial charge in [0.1, 0.15) is 6.54 Å². The summed E-state index contributed by atoms with van der Waals surface area (Å²) in [5.41, 5.74) is 1.25. The summed E-state index contributed by atoms with van der Waals surface area (Å²) in [6.45, 7) is 2.49. The maximum absolute atomic E-state index is 13.1. The number of rotatable bonds is 3. The lowest BCUT2D eigenvalue weighted by molar-refractivity contribution is -0.136.